The molecular formula is C13H27N3O2S. The Kier molecular flexibility index (Phi) is 5.62. The van der Waals surface area contributed by atoms with Crippen molar-refractivity contribution < 1.29 is 8.42 Å². The number of likely N-dealkylation sites (tertiary alicyclic amines) is 1. The van der Waals surface area contributed by atoms with E-state index in [9.17, 15) is 8.42 Å². The van der Waals surface area contributed by atoms with E-state index in [4.69, 9.17) is 0 Å². The Morgan fingerprint density at radius 3 is 2.63 bits per heavy atom. The average Bonchev–Trinajstić information content (AvgIpc) is 2.89. The van der Waals surface area contributed by atoms with E-state index in [1.807, 2.05) is 0 Å². The van der Waals surface area contributed by atoms with Gasteiger partial charge in [-0.25, -0.2) is 12.7 Å². The van der Waals surface area contributed by atoms with Gasteiger partial charge in [0.25, 0.3) is 0 Å². The summed E-state index contributed by atoms with van der Waals surface area (Å²) < 4.78 is 26.1. The van der Waals surface area contributed by atoms with Crippen LogP contribution in [0, 0.1) is 5.92 Å². The van der Waals surface area contributed by atoms with Crippen LogP contribution >= 0.6 is 0 Å². The third kappa shape index (κ3) is 4.70. The van der Waals surface area contributed by atoms with E-state index in [2.05, 4.69) is 10.2 Å². The van der Waals surface area contributed by atoms with Gasteiger partial charge in [0.15, 0.2) is 0 Å². The highest BCUT2D eigenvalue weighted by molar-refractivity contribution is 7.89. The summed E-state index contributed by atoms with van der Waals surface area (Å²) in [5.41, 5.74) is 0. The maximum absolute atomic E-state index is 12.3. The molecule has 2 fully saturated rings. The fourth-order valence-corrected chi connectivity index (χ4v) is 4.41. The summed E-state index contributed by atoms with van der Waals surface area (Å²) in [6.45, 7) is 5.63. The van der Waals surface area contributed by atoms with Crippen LogP contribution in [0.5, 0.6) is 0 Å². The predicted octanol–water partition coefficient (Wildman–Crippen LogP) is 0.343. The van der Waals surface area contributed by atoms with Gasteiger partial charge in [-0.2, -0.15) is 0 Å². The topological polar surface area (TPSA) is 52.7 Å². The van der Waals surface area contributed by atoms with Crippen molar-refractivity contribution in [2.75, 3.05) is 52.1 Å². The number of hydrogen-bond acceptors (Lipinski definition) is 4. The maximum Gasteiger partial charge on any atom is 0.214 e. The van der Waals surface area contributed by atoms with Crippen LogP contribution in [-0.2, 0) is 10.0 Å². The first-order valence-electron chi connectivity index (χ1n) is 7.45. The van der Waals surface area contributed by atoms with Crippen LogP contribution in [-0.4, -0.2) is 69.7 Å². The Hall–Kier alpha value is -0.170. The maximum atomic E-state index is 12.3. The third-order valence-corrected chi connectivity index (χ3v) is 6.27. The van der Waals surface area contributed by atoms with Crippen LogP contribution < -0.4 is 5.32 Å². The summed E-state index contributed by atoms with van der Waals surface area (Å²) in [6.07, 6.45) is 4.64. The highest BCUT2D eigenvalue weighted by atomic mass is 32.2. The molecule has 2 aliphatic heterocycles. The second-order valence-corrected chi connectivity index (χ2v) is 7.98. The molecule has 0 spiro atoms. The molecule has 5 nitrogen and oxygen atoms in total. The SMILES string of the molecule is CN(CCN1CCCC1)S(=O)(=O)CC1CCCNC1. The first kappa shape index (κ1) is 15.2. The van der Waals surface area contributed by atoms with Gasteiger partial charge in [-0.3, -0.25) is 0 Å². The largest absolute Gasteiger partial charge is 0.316 e. The van der Waals surface area contributed by atoms with Gasteiger partial charge >= 0.3 is 0 Å². The lowest BCUT2D eigenvalue weighted by Crippen LogP contribution is -2.40. The Bertz CT molecular complexity index is 360. The molecule has 112 valence electrons. The Morgan fingerprint density at radius 2 is 2.00 bits per heavy atom. The lowest BCUT2D eigenvalue weighted by molar-refractivity contribution is 0.308. The molecule has 0 aromatic carbocycles. The summed E-state index contributed by atoms with van der Waals surface area (Å²) in [7, 11) is -1.36. The lowest BCUT2D eigenvalue weighted by Gasteiger charge is -2.26. The highest BCUT2D eigenvalue weighted by Crippen LogP contribution is 2.14. The van der Waals surface area contributed by atoms with Crippen LogP contribution in [0.2, 0.25) is 0 Å². The zero-order chi connectivity index (χ0) is 13.7. The van der Waals surface area contributed by atoms with Crippen LogP contribution in [0.3, 0.4) is 0 Å². The van der Waals surface area contributed by atoms with Crippen LogP contribution in [0.4, 0.5) is 0 Å². The molecule has 0 aliphatic carbocycles. The second-order valence-electron chi connectivity index (χ2n) is 5.86. The van der Waals surface area contributed by atoms with E-state index < -0.39 is 10.0 Å². The van der Waals surface area contributed by atoms with E-state index in [-0.39, 0.29) is 5.92 Å². The minimum Gasteiger partial charge on any atom is -0.316 e. The Balaban J connectivity index is 1.76. The van der Waals surface area contributed by atoms with Gasteiger partial charge in [0.1, 0.15) is 0 Å². The summed E-state index contributed by atoms with van der Waals surface area (Å²) in [4.78, 5) is 2.36. The van der Waals surface area contributed by atoms with E-state index in [0.717, 1.165) is 45.6 Å². The molecule has 19 heavy (non-hydrogen) atoms. The van der Waals surface area contributed by atoms with E-state index >= 15 is 0 Å². The van der Waals surface area contributed by atoms with E-state index in [1.165, 1.54) is 12.8 Å². The molecule has 2 aliphatic rings. The molecule has 0 radical (unpaired) electrons. The monoisotopic (exact) mass is 289 g/mol. The van der Waals surface area contributed by atoms with Crippen molar-refractivity contribution in [3.8, 4) is 0 Å². The van der Waals surface area contributed by atoms with Gasteiger partial charge < -0.3 is 10.2 Å². The first-order valence-corrected chi connectivity index (χ1v) is 9.06. The second kappa shape index (κ2) is 7.02. The number of hydrogen-bond donors (Lipinski definition) is 1. The number of rotatable bonds is 6. The van der Waals surface area contributed by atoms with E-state index in [1.54, 1.807) is 11.4 Å². The fraction of sp³-hybridized carbons (Fsp3) is 1.00. The standard InChI is InChI=1S/C13H27N3O2S/c1-15(9-10-16-7-2-3-8-16)19(17,18)12-13-5-4-6-14-11-13/h13-14H,2-12H2,1H3. The molecule has 2 heterocycles. The molecule has 1 atom stereocenters. The van der Waals surface area contributed by atoms with Crippen molar-refractivity contribution in [2.45, 2.75) is 25.7 Å². The Labute approximate surface area is 117 Å². The molecule has 0 saturated carbocycles. The third-order valence-electron chi connectivity index (χ3n) is 4.25. The van der Waals surface area contributed by atoms with Gasteiger partial charge in [-0.05, 0) is 57.8 Å². The summed E-state index contributed by atoms with van der Waals surface area (Å²) in [6, 6.07) is 0. The molecule has 0 aromatic heterocycles. The normalized spacial score (nSPS) is 26.1. The lowest BCUT2D eigenvalue weighted by atomic mass is 10.0. The molecule has 0 aromatic rings. The molecule has 1 unspecified atom stereocenters. The number of nitrogens with one attached hydrogen (secondary N) is 1. The van der Waals surface area contributed by atoms with Crippen LogP contribution in [0.25, 0.3) is 0 Å². The number of likely N-dealkylation sites (N-methyl/N-ethyl adjacent to an activating group) is 1. The first-order chi connectivity index (χ1) is 9.08. The van der Waals surface area contributed by atoms with Crippen molar-refractivity contribution in [2.24, 2.45) is 5.92 Å². The highest BCUT2D eigenvalue weighted by Gasteiger charge is 2.25. The van der Waals surface area contributed by atoms with Crippen molar-refractivity contribution in [1.29, 1.82) is 0 Å². The molecule has 2 saturated heterocycles. The summed E-state index contributed by atoms with van der Waals surface area (Å²) >= 11 is 0. The Morgan fingerprint density at radius 1 is 1.26 bits per heavy atom. The van der Waals surface area contributed by atoms with E-state index in [0.29, 0.717) is 12.3 Å². The number of piperidine rings is 1. The molecule has 0 amide bonds. The van der Waals surface area contributed by atoms with Gasteiger partial charge in [0, 0.05) is 20.1 Å². The molecule has 2 rings (SSSR count). The van der Waals surface area contributed by atoms with Gasteiger partial charge in [-0.1, -0.05) is 0 Å². The smallest absolute Gasteiger partial charge is 0.214 e. The van der Waals surface area contributed by atoms with Gasteiger partial charge in [0.2, 0.25) is 10.0 Å². The summed E-state index contributed by atoms with van der Waals surface area (Å²) in [5, 5.41) is 3.28. The average molecular weight is 289 g/mol. The molecular weight excluding hydrogens is 262 g/mol. The van der Waals surface area contributed by atoms with Crippen molar-refractivity contribution in [3.05, 3.63) is 0 Å². The predicted molar refractivity (Wildman–Crippen MR) is 77.7 cm³/mol. The minimum atomic E-state index is -3.08. The fourth-order valence-electron chi connectivity index (χ4n) is 2.92. The minimum absolute atomic E-state index is 0.285. The van der Waals surface area contributed by atoms with Crippen molar-refractivity contribution >= 4 is 10.0 Å². The zero-order valence-electron chi connectivity index (χ0n) is 12.0. The number of nitrogens with zero attached hydrogens (tertiary/aromatic N) is 2. The van der Waals surface area contributed by atoms with Gasteiger partial charge in [-0.15, -0.1) is 0 Å². The van der Waals surface area contributed by atoms with Gasteiger partial charge in [0.05, 0.1) is 5.75 Å². The zero-order valence-corrected chi connectivity index (χ0v) is 12.8. The molecule has 6 heteroatoms. The number of sulfonamides is 1. The summed E-state index contributed by atoms with van der Waals surface area (Å²) in [5.74, 6) is 0.587. The molecule has 0 bridgehead atoms. The van der Waals surface area contributed by atoms with Crippen molar-refractivity contribution in [1.82, 2.24) is 14.5 Å². The van der Waals surface area contributed by atoms with Crippen molar-refractivity contribution in [3.63, 3.8) is 0 Å². The van der Waals surface area contributed by atoms with Crippen LogP contribution in [0.1, 0.15) is 25.7 Å². The quantitative estimate of drug-likeness (QED) is 0.766. The molecule has 1 N–H and O–H groups in total. The van der Waals surface area contributed by atoms with Crippen LogP contribution in [0.15, 0.2) is 0 Å².